The molecule has 0 aliphatic heterocycles. The van der Waals surface area contributed by atoms with Crippen LogP contribution in [0, 0.1) is 0 Å². The number of amides is 1. The van der Waals surface area contributed by atoms with Crippen molar-refractivity contribution in [2.24, 2.45) is 0 Å². The number of rotatable bonds is 25. The van der Waals surface area contributed by atoms with Gasteiger partial charge in [-0.15, -0.1) is 0 Å². The molecule has 0 radical (unpaired) electrons. The van der Waals surface area contributed by atoms with E-state index in [9.17, 15) is 14.3 Å². The molecular weight excluding hydrogens is 483 g/mol. The average Bonchev–Trinajstić information content (AvgIpc) is 2.81. The van der Waals surface area contributed by atoms with Gasteiger partial charge in [-0.2, -0.15) is 0 Å². The Labute approximate surface area is 220 Å². The van der Waals surface area contributed by atoms with Crippen molar-refractivity contribution in [2.45, 2.75) is 103 Å². The first kappa shape index (κ1) is 35.3. The number of nitrogens with one attached hydrogen (secondary N) is 1. The zero-order valence-corrected chi connectivity index (χ0v) is 24.7. The van der Waals surface area contributed by atoms with E-state index < -0.39 is 20.0 Å². The minimum Gasteiger partial charge on any atom is -0.453 e. The van der Waals surface area contributed by atoms with Crippen molar-refractivity contribution in [2.75, 3.05) is 61.2 Å². The van der Waals surface area contributed by atoms with Crippen LogP contribution in [0.15, 0.2) is 0 Å². The van der Waals surface area contributed by atoms with E-state index in [1.165, 1.54) is 84.2 Å². The molecule has 0 aromatic rings. The maximum Gasteiger partial charge on any atom is 0.472 e. The van der Waals surface area contributed by atoms with Crippen molar-refractivity contribution in [3.8, 4) is 0 Å². The number of unbranched alkanes of at least 4 members (excludes halogenated alkanes) is 13. The lowest BCUT2D eigenvalue weighted by Crippen LogP contribution is -2.41. The SMILES string of the molecule is CCCCCCCCCCCCCCCCOCC(COP(=O)(O)OCC[N+](C)(C)C)NC(=O)OC. The van der Waals surface area contributed by atoms with Crippen molar-refractivity contribution in [1.29, 1.82) is 0 Å². The number of likely N-dealkylation sites (N-methyl/N-ethyl adjacent to an activating group) is 1. The lowest BCUT2D eigenvalue weighted by atomic mass is 10.0. The van der Waals surface area contributed by atoms with E-state index in [-0.39, 0.29) is 19.8 Å². The monoisotopic (exact) mass is 539 g/mol. The first-order valence-electron chi connectivity index (χ1n) is 13.9. The van der Waals surface area contributed by atoms with Gasteiger partial charge in [0, 0.05) is 6.61 Å². The van der Waals surface area contributed by atoms with Crippen LogP contribution in [0.25, 0.3) is 0 Å². The Bertz CT molecular complexity index is 573. The number of carbonyl (C=O) groups is 1. The van der Waals surface area contributed by atoms with E-state index in [0.717, 1.165) is 12.8 Å². The van der Waals surface area contributed by atoms with Gasteiger partial charge in [-0.05, 0) is 6.42 Å². The first-order valence-corrected chi connectivity index (χ1v) is 15.4. The molecule has 10 heteroatoms. The minimum atomic E-state index is -4.22. The van der Waals surface area contributed by atoms with Crippen molar-refractivity contribution in [1.82, 2.24) is 5.32 Å². The van der Waals surface area contributed by atoms with E-state index in [1.807, 2.05) is 21.1 Å². The van der Waals surface area contributed by atoms with Gasteiger partial charge < -0.3 is 24.2 Å². The summed E-state index contributed by atoms with van der Waals surface area (Å²) in [5.41, 5.74) is 0. The van der Waals surface area contributed by atoms with Gasteiger partial charge in [0.05, 0.1) is 47.5 Å². The number of methoxy groups -OCH3 is 1. The van der Waals surface area contributed by atoms with Gasteiger partial charge in [-0.3, -0.25) is 9.05 Å². The first-order chi connectivity index (χ1) is 17.1. The highest BCUT2D eigenvalue weighted by molar-refractivity contribution is 7.47. The summed E-state index contributed by atoms with van der Waals surface area (Å²) in [7, 11) is 2.91. The standard InChI is InChI=1S/C26H55N2O7P/c1-6-7-8-9-10-11-12-13-14-15-16-17-18-19-21-33-23-25(27-26(29)32-5)24-35-36(30,31)34-22-20-28(2,3)4/h25H,6-24H2,1-5H3,(H-,27,29,30,31)/p+1. The molecule has 0 heterocycles. The van der Waals surface area contributed by atoms with E-state index in [0.29, 0.717) is 17.6 Å². The highest BCUT2D eigenvalue weighted by atomic mass is 31.2. The summed E-state index contributed by atoms with van der Waals surface area (Å²) in [4.78, 5) is 21.5. The Hall–Kier alpha value is -0.700. The lowest BCUT2D eigenvalue weighted by Gasteiger charge is -2.24. The molecule has 2 unspecified atom stereocenters. The van der Waals surface area contributed by atoms with Crippen LogP contribution in [0.5, 0.6) is 0 Å². The summed E-state index contributed by atoms with van der Waals surface area (Å²) in [5, 5.41) is 2.57. The zero-order chi connectivity index (χ0) is 27.1. The quantitative estimate of drug-likeness (QED) is 0.0827. The largest absolute Gasteiger partial charge is 0.472 e. The second-order valence-electron chi connectivity index (χ2n) is 10.6. The normalized spacial score (nSPS) is 14.4. The molecule has 2 atom stereocenters. The van der Waals surface area contributed by atoms with Crippen LogP contribution >= 0.6 is 7.82 Å². The Kier molecular flexibility index (Phi) is 21.9. The second-order valence-corrected chi connectivity index (χ2v) is 12.1. The van der Waals surface area contributed by atoms with Crippen molar-refractivity contribution in [3.63, 3.8) is 0 Å². The molecule has 2 N–H and O–H groups in total. The number of nitrogens with zero attached hydrogens (tertiary/aromatic N) is 1. The maximum atomic E-state index is 12.1. The Balaban J connectivity index is 3.88. The summed E-state index contributed by atoms with van der Waals surface area (Å²) >= 11 is 0. The molecule has 0 bridgehead atoms. The van der Waals surface area contributed by atoms with E-state index in [2.05, 4.69) is 17.0 Å². The van der Waals surface area contributed by atoms with Gasteiger partial charge in [0.2, 0.25) is 0 Å². The lowest BCUT2D eigenvalue weighted by molar-refractivity contribution is -0.870. The number of phosphoric ester groups is 1. The summed E-state index contributed by atoms with van der Waals surface area (Å²) in [6.45, 7) is 3.41. The van der Waals surface area contributed by atoms with Gasteiger partial charge in [-0.25, -0.2) is 9.36 Å². The smallest absolute Gasteiger partial charge is 0.453 e. The number of hydrogen-bond acceptors (Lipinski definition) is 6. The molecule has 0 aliphatic carbocycles. The highest BCUT2D eigenvalue weighted by Gasteiger charge is 2.25. The summed E-state index contributed by atoms with van der Waals surface area (Å²) in [6, 6.07) is -0.619. The fraction of sp³-hybridized carbons (Fsp3) is 0.962. The average molecular weight is 540 g/mol. The number of quaternary nitrogens is 1. The highest BCUT2D eigenvalue weighted by Crippen LogP contribution is 2.43. The number of phosphoric acid groups is 1. The van der Waals surface area contributed by atoms with E-state index in [1.54, 1.807) is 0 Å². The molecule has 0 saturated heterocycles. The number of carbonyl (C=O) groups excluding carboxylic acids is 1. The molecule has 0 saturated carbocycles. The minimum absolute atomic E-state index is 0.0853. The van der Waals surface area contributed by atoms with Crippen LogP contribution in [-0.4, -0.2) is 82.7 Å². The number of ether oxygens (including phenoxy) is 2. The van der Waals surface area contributed by atoms with Crippen LogP contribution in [0.4, 0.5) is 4.79 Å². The topological polar surface area (TPSA) is 103 Å². The summed E-state index contributed by atoms with van der Waals surface area (Å²) < 4.78 is 33.1. The fourth-order valence-corrected chi connectivity index (χ4v) is 4.39. The molecular formula is C26H56N2O7P+. The molecule has 0 fully saturated rings. The Morgan fingerprint density at radius 1 is 0.806 bits per heavy atom. The van der Waals surface area contributed by atoms with E-state index in [4.69, 9.17) is 13.8 Å². The van der Waals surface area contributed by atoms with Crippen molar-refractivity contribution >= 4 is 13.9 Å². The van der Waals surface area contributed by atoms with Gasteiger partial charge in [0.1, 0.15) is 13.2 Å². The van der Waals surface area contributed by atoms with Crippen LogP contribution in [-0.2, 0) is 23.1 Å². The molecule has 0 aromatic carbocycles. The fourth-order valence-electron chi connectivity index (χ4n) is 3.63. The third-order valence-corrected chi connectivity index (χ3v) is 6.91. The molecule has 216 valence electrons. The van der Waals surface area contributed by atoms with Gasteiger partial charge in [0.25, 0.3) is 0 Å². The van der Waals surface area contributed by atoms with Crippen LogP contribution in [0.3, 0.4) is 0 Å². The number of alkyl carbamates (subject to hydrolysis) is 1. The van der Waals surface area contributed by atoms with Crippen LogP contribution < -0.4 is 5.32 Å². The zero-order valence-electron chi connectivity index (χ0n) is 23.8. The molecule has 0 aliphatic rings. The molecule has 1 amide bonds. The predicted molar refractivity (Wildman–Crippen MR) is 145 cm³/mol. The van der Waals surface area contributed by atoms with Crippen LogP contribution in [0.1, 0.15) is 96.8 Å². The molecule has 0 rings (SSSR count). The second kappa shape index (κ2) is 22.3. The summed E-state index contributed by atoms with van der Waals surface area (Å²) in [6.07, 6.45) is 17.5. The van der Waals surface area contributed by atoms with Crippen molar-refractivity contribution < 1.29 is 37.3 Å². The molecule has 0 aromatic heterocycles. The summed E-state index contributed by atoms with van der Waals surface area (Å²) in [5.74, 6) is 0. The third-order valence-electron chi connectivity index (χ3n) is 5.92. The Morgan fingerprint density at radius 3 is 1.78 bits per heavy atom. The molecule has 9 nitrogen and oxygen atoms in total. The third kappa shape index (κ3) is 25.0. The van der Waals surface area contributed by atoms with Gasteiger partial charge in [0.15, 0.2) is 0 Å². The van der Waals surface area contributed by atoms with Crippen LogP contribution in [0.2, 0.25) is 0 Å². The van der Waals surface area contributed by atoms with E-state index >= 15 is 0 Å². The number of hydrogen-bond donors (Lipinski definition) is 2. The van der Waals surface area contributed by atoms with Crippen molar-refractivity contribution in [3.05, 3.63) is 0 Å². The predicted octanol–water partition coefficient (Wildman–Crippen LogP) is 6.05. The molecule has 36 heavy (non-hydrogen) atoms. The van der Waals surface area contributed by atoms with Gasteiger partial charge >= 0.3 is 13.9 Å². The maximum absolute atomic E-state index is 12.1. The Morgan fingerprint density at radius 2 is 1.31 bits per heavy atom. The molecule has 0 spiro atoms. The van der Waals surface area contributed by atoms with Gasteiger partial charge in [-0.1, -0.05) is 90.4 Å².